The lowest BCUT2D eigenvalue weighted by Crippen LogP contribution is -2.65. The van der Waals surface area contributed by atoms with Crippen LogP contribution in [-0.4, -0.2) is 69.1 Å². The van der Waals surface area contributed by atoms with Crippen LogP contribution in [-0.2, 0) is 17.8 Å². The average molecular weight is 632 g/mol. The van der Waals surface area contributed by atoms with Crippen LogP contribution in [0.3, 0.4) is 0 Å². The zero-order valence-corrected chi connectivity index (χ0v) is 27.4. The average Bonchev–Trinajstić information content (AvgIpc) is 3.40. The molecular weight excluding hydrogens is 589 g/mol. The van der Waals surface area contributed by atoms with Crippen LogP contribution in [0.2, 0.25) is 0 Å². The summed E-state index contributed by atoms with van der Waals surface area (Å²) < 4.78 is 32.5. The Balaban J connectivity index is 1.08. The van der Waals surface area contributed by atoms with Gasteiger partial charge >= 0.3 is 6.09 Å². The predicted octanol–water partition coefficient (Wildman–Crippen LogP) is 6.58. The molecule has 6 rings (SSSR count). The normalized spacial score (nSPS) is 17.0. The summed E-state index contributed by atoms with van der Waals surface area (Å²) in [4.78, 5) is 40.2. The zero-order valence-electron chi connectivity index (χ0n) is 27.4. The Morgan fingerprint density at radius 1 is 1.09 bits per heavy atom. The third-order valence-corrected chi connectivity index (χ3v) is 8.83. The Hall–Kier alpha value is -4.41. The van der Waals surface area contributed by atoms with Crippen molar-refractivity contribution in [3.8, 4) is 17.2 Å². The smallest absolute Gasteiger partial charge is 0.410 e. The van der Waals surface area contributed by atoms with Crippen molar-refractivity contribution < 1.29 is 28.2 Å². The van der Waals surface area contributed by atoms with E-state index in [2.05, 4.69) is 14.9 Å². The van der Waals surface area contributed by atoms with Crippen LogP contribution in [0, 0.1) is 11.2 Å². The van der Waals surface area contributed by atoms with E-state index in [0.717, 1.165) is 42.8 Å². The van der Waals surface area contributed by atoms with Crippen LogP contribution < -0.4 is 14.4 Å². The molecule has 0 N–H and O–H groups in total. The first-order valence-corrected chi connectivity index (χ1v) is 15.9. The predicted molar refractivity (Wildman–Crippen MR) is 171 cm³/mol. The Labute approximate surface area is 269 Å². The lowest BCUT2D eigenvalue weighted by atomic mass is 9.61. The van der Waals surface area contributed by atoms with Crippen LogP contribution in [0.5, 0.6) is 17.2 Å². The number of anilines is 1. The summed E-state index contributed by atoms with van der Waals surface area (Å²) in [5, 5.41) is 0. The number of carbonyl (C=O) groups is 2. The third-order valence-electron chi connectivity index (χ3n) is 8.83. The summed E-state index contributed by atoms with van der Waals surface area (Å²) in [5.74, 6) is 1.33. The van der Waals surface area contributed by atoms with Crippen molar-refractivity contribution in [3.05, 3.63) is 71.4 Å². The van der Waals surface area contributed by atoms with Crippen molar-refractivity contribution in [1.82, 2.24) is 19.8 Å². The number of amides is 2. The lowest BCUT2D eigenvalue weighted by Gasteiger charge is -2.59. The van der Waals surface area contributed by atoms with Gasteiger partial charge in [0.05, 0.1) is 18.3 Å². The van der Waals surface area contributed by atoms with E-state index in [1.807, 2.05) is 59.7 Å². The van der Waals surface area contributed by atoms with Crippen LogP contribution in [0.15, 0.2) is 48.9 Å². The highest BCUT2D eigenvalue weighted by molar-refractivity contribution is 5.97. The summed E-state index contributed by atoms with van der Waals surface area (Å²) in [6, 6.07) is 9.93. The third kappa shape index (κ3) is 6.32. The fourth-order valence-corrected chi connectivity index (χ4v) is 6.69. The number of hydrogen-bond acceptors (Lipinski definition) is 8. The zero-order chi connectivity index (χ0) is 32.8. The molecule has 2 aromatic carbocycles. The number of nitrogens with zero attached hydrogens (tertiary/aromatic N) is 5. The molecule has 0 bridgehead atoms. The number of hydrogen-bond donors (Lipinski definition) is 0. The second-order valence-corrected chi connectivity index (χ2v) is 13.9. The molecule has 10 nitrogen and oxygen atoms in total. The molecule has 0 radical (unpaired) electrons. The summed E-state index contributed by atoms with van der Waals surface area (Å²) in [5.41, 5.74) is 1.85. The number of aromatic nitrogens is 2. The van der Waals surface area contributed by atoms with Gasteiger partial charge in [-0.05, 0) is 84.2 Å². The molecule has 1 saturated carbocycles. The van der Waals surface area contributed by atoms with Gasteiger partial charge in [-0.15, -0.1) is 0 Å². The maximum Gasteiger partial charge on any atom is 0.410 e. The van der Waals surface area contributed by atoms with Crippen molar-refractivity contribution in [1.29, 1.82) is 0 Å². The monoisotopic (exact) mass is 631 g/mol. The number of rotatable bonds is 8. The van der Waals surface area contributed by atoms with E-state index in [1.54, 1.807) is 16.0 Å². The fraction of sp³-hybridized carbons (Fsp3) is 0.486. The van der Waals surface area contributed by atoms with Crippen LogP contribution in [0.1, 0.15) is 75.9 Å². The van der Waals surface area contributed by atoms with Gasteiger partial charge < -0.3 is 24.0 Å². The number of halogens is 1. The molecule has 1 saturated heterocycles. The van der Waals surface area contributed by atoms with Gasteiger partial charge in [-0.3, -0.25) is 9.69 Å². The highest BCUT2D eigenvalue weighted by Crippen LogP contribution is 2.52. The second-order valence-electron chi connectivity index (χ2n) is 13.9. The highest BCUT2D eigenvalue weighted by Gasteiger charge is 2.54. The molecule has 2 amide bonds. The topological polar surface area (TPSA) is 97.3 Å². The SMILES string of the molecule is CCN(C(=O)c1cc(F)ccc1Oc1cncnc1N1CC2(CC(Oc3cccc4c3CN(C(=O)OC(C)(C)C)C4)C2)C1)C(C)C. The minimum Gasteiger partial charge on any atom is -0.490 e. The molecule has 2 fully saturated rings. The van der Waals surface area contributed by atoms with Crippen molar-refractivity contribution in [2.24, 2.45) is 5.41 Å². The molecule has 1 spiro atoms. The Morgan fingerprint density at radius 3 is 2.54 bits per heavy atom. The van der Waals surface area contributed by atoms with E-state index in [4.69, 9.17) is 14.2 Å². The maximum atomic E-state index is 14.3. The van der Waals surface area contributed by atoms with E-state index in [9.17, 15) is 14.0 Å². The van der Waals surface area contributed by atoms with Crippen molar-refractivity contribution in [2.45, 2.75) is 85.2 Å². The van der Waals surface area contributed by atoms with Gasteiger partial charge in [-0.2, -0.15) is 0 Å². The van der Waals surface area contributed by atoms with E-state index in [-0.39, 0.29) is 40.9 Å². The second kappa shape index (κ2) is 12.1. The van der Waals surface area contributed by atoms with Gasteiger partial charge in [-0.25, -0.2) is 19.2 Å². The maximum absolute atomic E-state index is 14.3. The summed E-state index contributed by atoms with van der Waals surface area (Å²) >= 11 is 0. The minimum atomic E-state index is -0.548. The van der Waals surface area contributed by atoms with E-state index in [1.165, 1.54) is 24.5 Å². The fourth-order valence-electron chi connectivity index (χ4n) is 6.69. The van der Waals surface area contributed by atoms with E-state index < -0.39 is 11.4 Å². The van der Waals surface area contributed by atoms with Crippen LogP contribution >= 0.6 is 0 Å². The molecule has 1 aliphatic carbocycles. The number of benzene rings is 2. The lowest BCUT2D eigenvalue weighted by molar-refractivity contribution is -0.0349. The molecule has 0 atom stereocenters. The Morgan fingerprint density at radius 2 is 1.85 bits per heavy atom. The molecule has 3 heterocycles. The quantitative estimate of drug-likeness (QED) is 0.275. The molecule has 1 aromatic heterocycles. The summed E-state index contributed by atoms with van der Waals surface area (Å²) in [6.45, 7) is 14.4. The molecule has 3 aromatic rings. The highest BCUT2D eigenvalue weighted by atomic mass is 19.1. The van der Waals surface area contributed by atoms with E-state index in [0.29, 0.717) is 31.2 Å². The van der Waals surface area contributed by atoms with Gasteiger partial charge in [0.1, 0.15) is 35.3 Å². The van der Waals surface area contributed by atoms with Crippen LogP contribution in [0.25, 0.3) is 0 Å². The first-order valence-electron chi connectivity index (χ1n) is 15.9. The van der Waals surface area contributed by atoms with Crippen molar-refractivity contribution in [3.63, 3.8) is 0 Å². The van der Waals surface area contributed by atoms with Gasteiger partial charge in [0.25, 0.3) is 5.91 Å². The molecule has 11 heteroatoms. The standard InChI is InChI=1S/C35H42FN5O5/c1-7-41(22(2)3)32(42)26-13-24(36)11-12-29(26)45-30-16-37-21-38-31(30)40-19-35(20-40)14-25(15-35)44-28-10-8-9-23-17-39(18-27(23)28)33(43)46-34(4,5)6/h8-13,16,21-22,25H,7,14-15,17-20H2,1-6H3. The van der Waals surface area contributed by atoms with Gasteiger partial charge in [-0.1, -0.05) is 12.1 Å². The van der Waals surface area contributed by atoms with Gasteiger partial charge in [0.15, 0.2) is 11.6 Å². The number of fused-ring (bicyclic) bond motifs is 1. The Bertz CT molecular complexity index is 1630. The summed E-state index contributed by atoms with van der Waals surface area (Å²) in [7, 11) is 0. The first kappa shape index (κ1) is 31.6. The van der Waals surface area contributed by atoms with Gasteiger partial charge in [0.2, 0.25) is 0 Å². The first-order chi connectivity index (χ1) is 21.8. The molecule has 244 valence electrons. The molecule has 0 unspecified atom stereocenters. The van der Waals surface area contributed by atoms with Crippen molar-refractivity contribution in [2.75, 3.05) is 24.5 Å². The molecule has 2 aliphatic heterocycles. The van der Waals surface area contributed by atoms with Crippen molar-refractivity contribution >= 4 is 17.8 Å². The molecule has 3 aliphatic rings. The largest absolute Gasteiger partial charge is 0.490 e. The molecule has 46 heavy (non-hydrogen) atoms. The number of ether oxygens (including phenoxy) is 3. The molecular formula is C35H42FN5O5. The summed E-state index contributed by atoms with van der Waals surface area (Å²) in [6.07, 6.45) is 4.63. The minimum absolute atomic E-state index is 0.0495. The van der Waals surface area contributed by atoms with Gasteiger partial charge in [0, 0.05) is 43.2 Å². The number of carbonyl (C=O) groups excluding carboxylic acids is 2. The van der Waals surface area contributed by atoms with E-state index >= 15 is 0 Å². The van der Waals surface area contributed by atoms with Crippen LogP contribution in [0.4, 0.5) is 15.0 Å². The Kier molecular flexibility index (Phi) is 8.29.